The zero-order valence-electron chi connectivity index (χ0n) is 15.8. The molecule has 1 aliphatic rings. The summed E-state index contributed by atoms with van der Waals surface area (Å²) in [5.41, 5.74) is 1.73. The predicted molar refractivity (Wildman–Crippen MR) is 108 cm³/mol. The van der Waals surface area contributed by atoms with Crippen LogP contribution in [-0.4, -0.2) is 29.0 Å². The van der Waals surface area contributed by atoms with E-state index in [1.54, 1.807) is 29.6 Å². The number of nitrogens with zero attached hydrogens (tertiary/aromatic N) is 2. The van der Waals surface area contributed by atoms with Gasteiger partial charge in [-0.3, -0.25) is 9.78 Å². The Bertz CT molecular complexity index is 960. The lowest BCUT2D eigenvalue weighted by Crippen LogP contribution is -2.31. The molecule has 0 bridgehead atoms. The summed E-state index contributed by atoms with van der Waals surface area (Å²) in [5, 5.41) is 0.456. The van der Waals surface area contributed by atoms with E-state index in [0.29, 0.717) is 42.8 Å². The average molecular weight is 413 g/mol. The summed E-state index contributed by atoms with van der Waals surface area (Å²) in [6, 6.07) is 11.1. The van der Waals surface area contributed by atoms with E-state index in [1.165, 1.54) is 0 Å². The highest BCUT2D eigenvalue weighted by Gasteiger charge is 2.20. The number of hydrogen-bond acceptors (Lipinski definition) is 5. The highest BCUT2D eigenvalue weighted by molar-refractivity contribution is 6.32. The molecule has 1 amide bonds. The number of rotatable bonds is 6. The van der Waals surface area contributed by atoms with Crippen molar-refractivity contribution in [1.29, 1.82) is 0 Å². The Balaban J connectivity index is 1.54. The van der Waals surface area contributed by atoms with Crippen molar-refractivity contribution in [3.8, 4) is 11.5 Å². The fraction of sp³-hybridized carbons (Fsp3) is 0.273. The van der Waals surface area contributed by atoms with Crippen LogP contribution in [0.1, 0.15) is 23.3 Å². The number of furan rings is 1. The van der Waals surface area contributed by atoms with Gasteiger partial charge in [0.05, 0.1) is 37.5 Å². The van der Waals surface area contributed by atoms with Gasteiger partial charge >= 0.3 is 0 Å². The van der Waals surface area contributed by atoms with E-state index in [1.807, 2.05) is 30.3 Å². The van der Waals surface area contributed by atoms with Gasteiger partial charge in [0.25, 0.3) is 0 Å². The third kappa shape index (κ3) is 4.90. The number of pyridine rings is 1. The Morgan fingerprint density at radius 2 is 2.00 bits per heavy atom. The van der Waals surface area contributed by atoms with Crippen LogP contribution in [0.4, 0.5) is 0 Å². The predicted octanol–water partition coefficient (Wildman–Crippen LogP) is 4.26. The quantitative estimate of drug-likeness (QED) is 0.605. The van der Waals surface area contributed by atoms with E-state index in [2.05, 4.69) is 4.98 Å². The third-order valence-electron chi connectivity index (χ3n) is 4.59. The van der Waals surface area contributed by atoms with Gasteiger partial charge in [-0.1, -0.05) is 17.7 Å². The molecule has 0 N–H and O–H groups in total. The molecular weight excluding hydrogens is 392 g/mol. The first-order valence-corrected chi connectivity index (χ1v) is 9.84. The molecular formula is C22H21ClN2O4. The molecule has 0 atom stereocenters. The van der Waals surface area contributed by atoms with E-state index >= 15 is 0 Å². The second-order valence-electron chi connectivity index (χ2n) is 6.82. The monoisotopic (exact) mass is 412 g/mol. The van der Waals surface area contributed by atoms with Crippen LogP contribution >= 0.6 is 11.6 Å². The summed E-state index contributed by atoms with van der Waals surface area (Å²) >= 11 is 6.37. The van der Waals surface area contributed by atoms with Gasteiger partial charge in [-0.25, -0.2) is 0 Å². The average Bonchev–Trinajstić information content (AvgIpc) is 3.11. The van der Waals surface area contributed by atoms with Crippen LogP contribution in [0.3, 0.4) is 0 Å². The van der Waals surface area contributed by atoms with E-state index in [9.17, 15) is 4.79 Å². The van der Waals surface area contributed by atoms with Crippen molar-refractivity contribution >= 4 is 17.5 Å². The molecule has 0 fully saturated rings. The van der Waals surface area contributed by atoms with Gasteiger partial charge in [-0.05, 0) is 41.5 Å². The Kier molecular flexibility index (Phi) is 6.00. The van der Waals surface area contributed by atoms with E-state index in [0.717, 1.165) is 23.3 Å². The molecule has 0 radical (unpaired) electrons. The van der Waals surface area contributed by atoms with Crippen molar-refractivity contribution in [2.45, 2.75) is 25.9 Å². The number of ether oxygens (including phenoxy) is 2. The van der Waals surface area contributed by atoms with Gasteiger partial charge in [-0.15, -0.1) is 0 Å². The normalized spacial score (nSPS) is 13.0. The van der Waals surface area contributed by atoms with Crippen molar-refractivity contribution in [3.05, 3.63) is 77.0 Å². The second-order valence-corrected chi connectivity index (χ2v) is 7.23. The molecule has 150 valence electrons. The maximum atomic E-state index is 13.1. The molecule has 0 aliphatic carbocycles. The number of benzene rings is 1. The molecule has 7 heteroatoms. The maximum Gasteiger partial charge on any atom is 0.227 e. The largest absolute Gasteiger partial charge is 0.489 e. The minimum absolute atomic E-state index is 0.0455. The van der Waals surface area contributed by atoms with Crippen LogP contribution in [-0.2, 0) is 24.3 Å². The van der Waals surface area contributed by atoms with Gasteiger partial charge in [-0.2, -0.15) is 0 Å². The molecule has 3 aromatic rings. The molecule has 0 saturated carbocycles. The molecule has 6 nitrogen and oxygen atoms in total. The van der Waals surface area contributed by atoms with E-state index in [-0.39, 0.29) is 12.3 Å². The molecule has 2 aromatic heterocycles. The Morgan fingerprint density at radius 3 is 2.79 bits per heavy atom. The number of carbonyl (C=O) groups excluding carboxylic acids is 1. The van der Waals surface area contributed by atoms with Gasteiger partial charge in [0, 0.05) is 25.4 Å². The van der Waals surface area contributed by atoms with Crippen molar-refractivity contribution in [1.82, 2.24) is 9.88 Å². The van der Waals surface area contributed by atoms with Crippen LogP contribution in [0.2, 0.25) is 5.02 Å². The van der Waals surface area contributed by atoms with Gasteiger partial charge in [0.15, 0.2) is 11.5 Å². The van der Waals surface area contributed by atoms with Gasteiger partial charge in [0.1, 0.15) is 5.76 Å². The highest BCUT2D eigenvalue weighted by Crippen LogP contribution is 2.38. The lowest BCUT2D eigenvalue weighted by molar-refractivity contribution is -0.132. The Hall–Kier alpha value is -2.99. The molecule has 4 rings (SSSR count). The van der Waals surface area contributed by atoms with Crippen LogP contribution in [0.15, 0.2) is 59.5 Å². The van der Waals surface area contributed by atoms with Crippen molar-refractivity contribution in [2.24, 2.45) is 0 Å². The SMILES string of the molecule is O=C(Cc1cc(Cl)c2c(c1)OCCCO2)N(Cc1cccnc1)Cc1ccco1. The molecule has 29 heavy (non-hydrogen) atoms. The van der Waals surface area contributed by atoms with Crippen molar-refractivity contribution in [3.63, 3.8) is 0 Å². The maximum absolute atomic E-state index is 13.1. The molecule has 0 spiro atoms. The highest BCUT2D eigenvalue weighted by atomic mass is 35.5. The number of aromatic nitrogens is 1. The number of fused-ring (bicyclic) bond motifs is 1. The van der Waals surface area contributed by atoms with E-state index in [4.69, 9.17) is 25.5 Å². The molecule has 0 saturated heterocycles. The summed E-state index contributed by atoms with van der Waals surface area (Å²) in [5.74, 6) is 1.81. The van der Waals surface area contributed by atoms with Crippen molar-refractivity contribution < 1.29 is 18.7 Å². The Morgan fingerprint density at radius 1 is 1.10 bits per heavy atom. The standard InChI is InChI=1S/C22H21ClN2O4/c23-19-10-17(11-20-22(19)29-9-3-8-28-20)12-21(26)25(15-18-5-2-7-27-18)14-16-4-1-6-24-13-16/h1-2,4-7,10-11,13H,3,8-9,12,14-15H2. The minimum atomic E-state index is -0.0455. The number of hydrogen-bond donors (Lipinski definition) is 0. The number of amides is 1. The molecule has 0 unspecified atom stereocenters. The third-order valence-corrected chi connectivity index (χ3v) is 4.87. The molecule has 3 heterocycles. The summed E-state index contributed by atoms with van der Waals surface area (Å²) in [7, 11) is 0. The first kappa shape index (κ1) is 19.3. The second kappa shape index (κ2) is 9.01. The smallest absolute Gasteiger partial charge is 0.227 e. The molecule has 1 aromatic carbocycles. The van der Waals surface area contributed by atoms with Gasteiger partial charge < -0.3 is 18.8 Å². The Labute approximate surface area is 174 Å². The van der Waals surface area contributed by atoms with Gasteiger partial charge in [0.2, 0.25) is 5.91 Å². The lowest BCUT2D eigenvalue weighted by Gasteiger charge is -2.22. The number of carbonyl (C=O) groups is 1. The number of halogens is 1. The molecule has 1 aliphatic heterocycles. The first-order chi connectivity index (χ1) is 14.2. The first-order valence-electron chi connectivity index (χ1n) is 9.46. The summed E-state index contributed by atoms with van der Waals surface area (Å²) < 4.78 is 16.8. The summed E-state index contributed by atoms with van der Waals surface area (Å²) in [4.78, 5) is 19.0. The van der Waals surface area contributed by atoms with Crippen LogP contribution in [0.5, 0.6) is 11.5 Å². The van der Waals surface area contributed by atoms with Crippen LogP contribution in [0, 0.1) is 0 Å². The van der Waals surface area contributed by atoms with Crippen molar-refractivity contribution in [2.75, 3.05) is 13.2 Å². The fourth-order valence-corrected chi connectivity index (χ4v) is 3.50. The zero-order valence-corrected chi connectivity index (χ0v) is 16.6. The topological polar surface area (TPSA) is 64.8 Å². The van der Waals surface area contributed by atoms with Crippen LogP contribution < -0.4 is 9.47 Å². The zero-order chi connectivity index (χ0) is 20.1. The van der Waals surface area contributed by atoms with Crippen LogP contribution in [0.25, 0.3) is 0 Å². The summed E-state index contributed by atoms with van der Waals surface area (Å²) in [6.45, 7) is 1.93. The van der Waals surface area contributed by atoms with E-state index < -0.39 is 0 Å². The summed E-state index contributed by atoms with van der Waals surface area (Å²) in [6.07, 6.45) is 6.05. The minimum Gasteiger partial charge on any atom is -0.489 e. The fourth-order valence-electron chi connectivity index (χ4n) is 3.21. The lowest BCUT2D eigenvalue weighted by atomic mass is 10.1.